The van der Waals surface area contributed by atoms with E-state index in [0.717, 1.165) is 42.4 Å². The Morgan fingerprint density at radius 1 is 1.06 bits per heavy atom. The van der Waals surface area contributed by atoms with Gasteiger partial charge in [0.2, 0.25) is 11.7 Å². The summed E-state index contributed by atoms with van der Waals surface area (Å²) in [5.41, 5.74) is 3.48. The highest BCUT2D eigenvalue weighted by Gasteiger charge is 2.29. The van der Waals surface area contributed by atoms with Gasteiger partial charge in [0.05, 0.1) is 0 Å². The summed E-state index contributed by atoms with van der Waals surface area (Å²) in [5.74, 6) is 1.51. The van der Waals surface area contributed by atoms with E-state index >= 15 is 0 Å². The number of ether oxygens (including phenoxy) is 1. The molecule has 3 aromatic carbocycles. The third-order valence-electron chi connectivity index (χ3n) is 6.51. The number of benzene rings is 3. The fourth-order valence-corrected chi connectivity index (χ4v) is 4.80. The van der Waals surface area contributed by atoms with E-state index in [2.05, 4.69) is 10.1 Å². The summed E-state index contributed by atoms with van der Waals surface area (Å²) in [6, 6.07) is 23.0. The molecule has 0 saturated heterocycles. The van der Waals surface area contributed by atoms with Crippen LogP contribution in [0, 0.1) is 6.92 Å². The second-order valence-electron chi connectivity index (χ2n) is 9.16. The number of rotatable bonds is 8. The zero-order valence-electron chi connectivity index (χ0n) is 20.2. The maximum Gasteiger partial charge on any atom is 0.254 e. The Balaban J connectivity index is 1.34. The van der Waals surface area contributed by atoms with Crippen LogP contribution < -0.4 is 4.74 Å². The largest absolute Gasteiger partial charge is 0.489 e. The highest BCUT2D eigenvalue weighted by molar-refractivity contribution is 6.31. The quantitative estimate of drug-likeness (QED) is 0.264. The van der Waals surface area contributed by atoms with Gasteiger partial charge in [-0.2, -0.15) is 4.98 Å². The molecule has 0 spiro atoms. The van der Waals surface area contributed by atoms with E-state index in [9.17, 15) is 4.79 Å². The predicted octanol–water partition coefficient (Wildman–Crippen LogP) is 6.86. The highest BCUT2D eigenvalue weighted by Crippen LogP contribution is 2.28. The summed E-state index contributed by atoms with van der Waals surface area (Å²) < 4.78 is 11.5. The smallest absolute Gasteiger partial charge is 0.254 e. The molecule has 0 radical (unpaired) electrons. The SMILES string of the molecule is Cc1cccc(-c2noc(CN(C(=O)c3cccc(OCc4ccccc4Cl)c3)C3CCCC3)n2)c1. The maximum atomic E-state index is 13.7. The summed E-state index contributed by atoms with van der Waals surface area (Å²) in [4.78, 5) is 20.2. The van der Waals surface area contributed by atoms with Gasteiger partial charge in [-0.05, 0) is 50.1 Å². The number of halogens is 1. The van der Waals surface area contributed by atoms with E-state index in [4.69, 9.17) is 20.9 Å². The molecule has 5 rings (SSSR count). The van der Waals surface area contributed by atoms with E-state index in [-0.39, 0.29) is 18.5 Å². The van der Waals surface area contributed by atoms with Crippen LogP contribution in [0.15, 0.2) is 77.3 Å². The Kier molecular flexibility index (Phi) is 7.33. The van der Waals surface area contributed by atoms with Gasteiger partial charge in [0.15, 0.2) is 0 Å². The van der Waals surface area contributed by atoms with Crippen LogP contribution in [-0.2, 0) is 13.2 Å². The van der Waals surface area contributed by atoms with Gasteiger partial charge in [0.25, 0.3) is 5.91 Å². The lowest BCUT2D eigenvalue weighted by Crippen LogP contribution is -2.38. The summed E-state index contributed by atoms with van der Waals surface area (Å²) in [6.07, 6.45) is 4.14. The van der Waals surface area contributed by atoms with Gasteiger partial charge in [0, 0.05) is 27.8 Å². The first-order valence-electron chi connectivity index (χ1n) is 12.2. The van der Waals surface area contributed by atoms with Crippen molar-refractivity contribution >= 4 is 17.5 Å². The van der Waals surface area contributed by atoms with Crippen LogP contribution in [-0.4, -0.2) is 27.0 Å². The van der Waals surface area contributed by atoms with Gasteiger partial charge in [-0.3, -0.25) is 4.79 Å². The van der Waals surface area contributed by atoms with Crippen molar-refractivity contribution in [3.63, 3.8) is 0 Å². The average Bonchev–Trinajstić information content (AvgIpc) is 3.59. The summed E-state index contributed by atoms with van der Waals surface area (Å²) in [5, 5.41) is 4.81. The van der Waals surface area contributed by atoms with Crippen molar-refractivity contribution in [1.29, 1.82) is 0 Å². The van der Waals surface area contributed by atoms with Gasteiger partial charge in [-0.15, -0.1) is 0 Å². The van der Waals surface area contributed by atoms with Gasteiger partial charge in [0.1, 0.15) is 18.9 Å². The molecule has 7 heteroatoms. The second-order valence-corrected chi connectivity index (χ2v) is 9.57. The lowest BCUT2D eigenvalue weighted by Gasteiger charge is -2.27. The van der Waals surface area contributed by atoms with E-state index < -0.39 is 0 Å². The van der Waals surface area contributed by atoms with Crippen LogP contribution >= 0.6 is 11.6 Å². The zero-order valence-corrected chi connectivity index (χ0v) is 20.9. The number of amides is 1. The van der Waals surface area contributed by atoms with Crippen molar-refractivity contribution in [3.8, 4) is 17.1 Å². The average molecular weight is 502 g/mol. The lowest BCUT2D eigenvalue weighted by molar-refractivity contribution is 0.0639. The molecule has 1 fully saturated rings. The van der Waals surface area contributed by atoms with Crippen LogP contribution in [0.1, 0.15) is 53.1 Å². The molecule has 0 N–H and O–H groups in total. The minimum absolute atomic E-state index is 0.0691. The van der Waals surface area contributed by atoms with Crippen molar-refractivity contribution in [2.24, 2.45) is 0 Å². The number of hydrogen-bond donors (Lipinski definition) is 0. The number of aromatic nitrogens is 2. The van der Waals surface area contributed by atoms with Gasteiger partial charge in [-0.25, -0.2) is 0 Å². The van der Waals surface area contributed by atoms with Crippen LogP contribution in [0.2, 0.25) is 5.02 Å². The fourth-order valence-electron chi connectivity index (χ4n) is 4.61. The van der Waals surface area contributed by atoms with Gasteiger partial charge < -0.3 is 14.2 Å². The molecule has 1 heterocycles. The predicted molar refractivity (Wildman–Crippen MR) is 139 cm³/mol. The molecular weight excluding hydrogens is 474 g/mol. The van der Waals surface area contributed by atoms with Crippen molar-refractivity contribution in [2.45, 2.75) is 51.8 Å². The van der Waals surface area contributed by atoms with Gasteiger partial charge >= 0.3 is 0 Å². The molecule has 0 atom stereocenters. The first-order valence-corrected chi connectivity index (χ1v) is 12.6. The minimum atomic E-state index is -0.0691. The molecule has 0 aliphatic heterocycles. The third kappa shape index (κ3) is 5.60. The molecule has 0 unspecified atom stereocenters. The molecule has 6 nitrogen and oxygen atoms in total. The molecule has 1 aliphatic rings. The Morgan fingerprint density at radius 3 is 2.67 bits per heavy atom. The topological polar surface area (TPSA) is 68.5 Å². The second kappa shape index (κ2) is 11.0. The molecule has 184 valence electrons. The molecule has 1 aromatic heterocycles. The number of carbonyl (C=O) groups is 1. The van der Waals surface area contributed by atoms with Crippen LogP contribution in [0.4, 0.5) is 0 Å². The molecular formula is C29H28ClN3O3. The molecule has 36 heavy (non-hydrogen) atoms. The third-order valence-corrected chi connectivity index (χ3v) is 6.88. The normalized spacial score (nSPS) is 13.6. The number of nitrogens with zero attached hydrogens (tertiary/aromatic N) is 3. The van der Waals surface area contributed by atoms with Crippen molar-refractivity contribution in [2.75, 3.05) is 0 Å². The Morgan fingerprint density at radius 2 is 1.86 bits per heavy atom. The van der Waals surface area contributed by atoms with Crippen LogP contribution in [0.25, 0.3) is 11.4 Å². The highest BCUT2D eigenvalue weighted by atomic mass is 35.5. The Hall–Kier alpha value is -3.64. The summed E-state index contributed by atoms with van der Waals surface area (Å²) >= 11 is 6.25. The molecule has 1 saturated carbocycles. The monoisotopic (exact) mass is 501 g/mol. The lowest BCUT2D eigenvalue weighted by atomic mass is 10.1. The van der Waals surface area contributed by atoms with Crippen molar-refractivity contribution < 1.29 is 14.1 Å². The molecule has 1 amide bonds. The van der Waals surface area contributed by atoms with E-state index in [1.165, 1.54) is 0 Å². The van der Waals surface area contributed by atoms with Crippen molar-refractivity contribution in [3.05, 3.63) is 100 Å². The number of carbonyl (C=O) groups excluding carboxylic acids is 1. The Bertz CT molecular complexity index is 1350. The minimum Gasteiger partial charge on any atom is -0.489 e. The van der Waals surface area contributed by atoms with Gasteiger partial charge in [-0.1, -0.05) is 77.6 Å². The molecule has 0 bridgehead atoms. The zero-order chi connectivity index (χ0) is 24.9. The molecule has 4 aromatic rings. The van der Waals surface area contributed by atoms with E-state index in [0.29, 0.717) is 34.7 Å². The van der Waals surface area contributed by atoms with Crippen LogP contribution in [0.5, 0.6) is 5.75 Å². The Labute approximate surface area is 215 Å². The number of aryl methyl sites for hydroxylation is 1. The van der Waals surface area contributed by atoms with Crippen LogP contribution in [0.3, 0.4) is 0 Å². The fraction of sp³-hybridized carbons (Fsp3) is 0.276. The summed E-state index contributed by atoms with van der Waals surface area (Å²) in [6.45, 7) is 2.62. The first kappa shape index (κ1) is 24.1. The standard InChI is InChI=1S/C29H28ClN3O3/c1-20-8-6-10-21(16-20)28-31-27(36-32-28)18-33(24-12-3-4-13-24)29(34)22-11-7-14-25(17-22)35-19-23-9-2-5-15-26(23)30/h2,5-11,14-17,24H,3-4,12-13,18-19H2,1H3. The first-order chi connectivity index (χ1) is 17.6. The number of hydrogen-bond acceptors (Lipinski definition) is 5. The van der Waals surface area contributed by atoms with Crippen molar-refractivity contribution in [1.82, 2.24) is 15.0 Å². The molecule has 1 aliphatic carbocycles. The van der Waals surface area contributed by atoms with E-state index in [1.807, 2.05) is 78.6 Å². The maximum absolute atomic E-state index is 13.7. The van der Waals surface area contributed by atoms with E-state index in [1.54, 1.807) is 6.07 Å². The summed E-state index contributed by atoms with van der Waals surface area (Å²) in [7, 11) is 0.